The van der Waals surface area contributed by atoms with Gasteiger partial charge in [-0.15, -0.1) is 0 Å². The third-order valence-corrected chi connectivity index (χ3v) is 1.53. The number of fused-ring (bicyclic) bond motifs is 1. The van der Waals surface area contributed by atoms with E-state index in [0.29, 0.717) is 6.67 Å². The quantitative estimate of drug-likeness (QED) is 0.552. The topological polar surface area (TPSA) is 57.2 Å². The van der Waals surface area contributed by atoms with E-state index in [1.807, 2.05) is 0 Å². The van der Waals surface area contributed by atoms with E-state index >= 15 is 0 Å². The molecular formula is C7H7N3O. The van der Waals surface area contributed by atoms with Crippen molar-refractivity contribution in [2.75, 3.05) is 12.0 Å². The number of H-pyrrole nitrogens is 1. The summed E-state index contributed by atoms with van der Waals surface area (Å²) in [5.41, 5.74) is 0.836. The fraction of sp³-hybridized carbons (Fsp3) is 0.143. The molecule has 1 aliphatic heterocycles. The Balaban J connectivity index is 2.62. The van der Waals surface area contributed by atoms with Crippen molar-refractivity contribution in [2.24, 2.45) is 4.99 Å². The number of rotatable bonds is 0. The summed E-state index contributed by atoms with van der Waals surface area (Å²) < 4.78 is 0. The Bertz CT molecular complexity index is 353. The van der Waals surface area contributed by atoms with Crippen molar-refractivity contribution >= 4 is 12.0 Å². The fourth-order valence-corrected chi connectivity index (χ4v) is 1.01. The first-order chi connectivity index (χ1) is 5.36. The van der Waals surface area contributed by atoms with E-state index in [2.05, 4.69) is 15.3 Å². The lowest BCUT2D eigenvalue weighted by molar-refractivity contribution is 1.07. The van der Waals surface area contributed by atoms with Crippen molar-refractivity contribution in [3.05, 3.63) is 28.0 Å². The molecule has 1 aromatic heterocycles. The Morgan fingerprint density at radius 2 is 2.36 bits per heavy atom. The maximum absolute atomic E-state index is 10.8. The zero-order chi connectivity index (χ0) is 7.68. The van der Waals surface area contributed by atoms with Crippen molar-refractivity contribution in [3.63, 3.8) is 0 Å². The summed E-state index contributed by atoms with van der Waals surface area (Å²) in [6.45, 7) is 0.535. The fourth-order valence-electron chi connectivity index (χ4n) is 1.01. The third-order valence-electron chi connectivity index (χ3n) is 1.53. The van der Waals surface area contributed by atoms with Gasteiger partial charge >= 0.3 is 0 Å². The molecule has 0 amide bonds. The Hall–Kier alpha value is -1.58. The summed E-state index contributed by atoms with van der Waals surface area (Å²) in [6.07, 6.45) is 1.74. The van der Waals surface area contributed by atoms with Gasteiger partial charge in [-0.1, -0.05) is 0 Å². The molecule has 0 aliphatic carbocycles. The Labute approximate surface area is 63.0 Å². The largest absolute Gasteiger partial charge is 0.352 e. The zero-order valence-corrected chi connectivity index (χ0v) is 5.79. The van der Waals surface area contributed by atoms with Crippen LogP contribution in [0.3, 0.4) is 0 Å². The van der Waals surface area contributed by atoms with Crippen LogP contribution in [0.25, 0.3) is 0 Å². The lowest BCUT2D eigenvalue weighted by Gasteiger charge is -2.10. The number of hydrogen-bond acceptors (Lipinski definition) is 3. The molecule has 2 N–H and O–H groups in total. The highest BCUT2D eigenvalue weighted by atomic mass is 16.1. The number of hydrogen-bond donors (Lipinski definition) is 2. The van der Waals surface area contributed by atoms with Crippen LogP contribution in [0.15, 0.2) is 21.9 Å². The average molecular weight is 149 g/mol. The number of aromatic amines is 1. The first-order valence-corrected chi connectivity index (χ1v) is 3.33. The van der Waals surface area contributed by atoms with Gasteiger partial charge in [0.15, 0.2) is 0 Å². The van der Waals surface area contributed by atoms with Gasteiger partial charge in [0, 0.05) is 17.8 Å². The number of anilines is 1. The molecule has 11 heavy (non-hydrogen) atoms. The second-order valence-electron chi connectivity index (χ2n) is 2.30. The highest BCUT2D eigenvalue weighted by Crippen LogP contribution is 2.08. The van der Waals surface area contributed by atoms with Gasteiger partial charge in [-0.05, 0) is 6.07 Å². The van der Waals surface area contributed by atoms with E-state index in [0.717, 1.165) is 11.4 Å². The predicted molar refractivity (Wildman–Crippen MR) is 43.1 cm³/mol. The summed E-state index contributed by atoms with van der Waals surface area (Å²) in [5.74, 6) is 0.757. The minimum absolute atomic E-state index is 0.0912. The zero-order valence-electron chi connectivity index (χ0n) is 5.79. The van der Waals surface area contributed by atoms with Gasteiger partial charge < -0.3 is 10.3 Å². The summed E-state index contributed by atoms with van der Waals surface area (Å²) in [5, 5.41) is 2.95. The lowest BCUT2D eigenvalue weighted by Crippen LogP contribution is -2.15. The van der Waals surface area contributed by atoms with Gasteiger partial charge in [0.25, 0.3) is 0 Å². The van der Waals surface area contributed by atoms with Crippen LogP contribution in [0.5, 0.6) is 0 Å². The predicted octanol–water partition coefficient (Wildman–Crippen LogP) is 0.177. The molecule has 4 heteroatoms. The van der Waals surface area contributed by atoms with E-state index < -0.39 is 0 Å². The van der Waals surface area contributed by atoms with Gasteiger partial charge in [-0.25, -0.2) is 0 Å². The van der Waals surface area contributed by atoms with E-state index in [1.165, 1.54) is 6.07 Å². The van der Waals surface area contributed by atoms with Crippen LogP contribution in [-0.4, -0.2) is 17.9 Å². The number of aromatic nitrogens is 1. The lowest BCUT2D eigenvalue weighted by atomic mass is 10.2. The van der Waals surface area contributed by atoms with Crippen molar-refractivity contribution in [1.82, 2.24) is 4.98 Å². The summed E-state index contributed by atoms with van der Waals surface area (Å²) >= 11 is 0. The van der Waals surface area contributed by atoms with E-state index in [-0.39, 0.29) is 5.56 Å². The van der Waals surface area contributed by atoms with Crippen LogP contribution in [0.1, 0.15) is 5.56 Å². The van der Waals surface area contributed by atoms with Crippen molar-refractivity contribution in [2.45, 2.75) is 0 Å². The maximum Gasteiger partial charge on any atom is 0.249 e. The molecule has 0 saturated heterocycles. The van der Waals surface area contributed by atoms with Gasteiger partial charge in [0.05, 0.1) is 0 Å². The van der Waals surface area contributed by atoms with E-state index in [1.54, 1.807) is 12.3 Å². The molecule has 0 unspecified atom stereocenters. The highest BCUT2D eigenvalue weighted by molar-refractivity contribution is 5.87. The Morgan fingerprint density at radius 1 is 1.45 bits per heavy atom. The summed E-state index contributed by atoms with van der Waals surface area (Å²) in [7, 11) is 0. The normalized spacial score (nSPS) is 13.8. The second kappa shape index (κ2) is 2.23. The van der Waals surface area contributed by atoms with Crippen LogP contribution in [-0.2, 0) is 0 Å². The van der Waals surface area contributed by atoms with E-state index in [9.17, 15) is 4.79 Å². The molecule has 0 fully saturated rings. The second-order valence-corrected chi connectivity index (χ2v) is 2.30. The molecule has 0 radical (unpaired) electrons. The monoisotopic (exact) mass is 149 g/mol. The summed E-state index contributed by atoms with van der Waals surface area (Å²) in [6, 6.07) is 3.22. The van der Waals surface area contributed by atoms with Gasteiger partial charge in [-0.3, -0.25) is 9.79 Å². The highest BCUT2D eigenvalue weighted by Gasteiger charge is 2.02. The first-order valence-electron chi connectivity index (χ1n) is 3.33. The smallest absolute Gasteiger partial charge is 0.249 e. The third kappa shape index (κ3) is 1.02. The molecule has 4 nitrogen and oxygen atoms in total. The number of nitrogens with one attached hydrogen (secondary N) is 2. The number of pyridine rings is 1. The van der Waals surface area contributed by atoms with E-state index in [4.69, 9.17) is 0 Å². The van der Waals surface area contributed by atoms with Crippen LogP contribution in [0.2, 0.25) is 0 Å². The molecular weight excluding hydrogens is 142 g/mol. The average Bonchev–Trinajstić information content (AvgIpc) is 2.04. The molecule has 0 spiro atoms. The Kier molecular flexibility index (Phi) is 1.25. The molecule has 0 atom stereocenters. The molecule has 56 valence electrons. The van der Waals surface area contributed by atoms with Gasteiger partial charge in [-0.2, -0.15) is 0 Å². The molecule has 2 rings (SSSR count). The standard InChI is InChI=1S/C7H7N3O/c11-6-2-1-5-3-8-4-9-7(5)10-6/h1-3H,4H2,(H2,9,10,11). The SMILES string of the molecule is O=c1ccc2c([nH]1)NCN=C2. The van der Waals surface area contributed by atoms with Gasteiger partial charge in [0.2, 0.25) is 5.56 Å². The molecule has 0 bridgehead atoms. The van der Waals surface area contributed by atoms with Crippen molar-refractivity contribution < 1.29 is 0 Å². The van der Waals surface area contributed by atoms with Crippen molar-refractivity contribution in [3.8, 4) is 0 Å². The Morgan fingerprint density at radius 3 is 3.27 bits per heavy atom. The first kappa shape index (κ1) is 6.15. The molecule has 0 aromatic carbocycles. The van der Waals surface area contributed by atoms with Crippen LogP contribution < -0.4 is 10.9 Å². The van der Waals surface area contributed by atoms with Crippen molar-refractivity contribution in [1.29, 1.82) is 0 Å². The molecule has 1 aromatic rings. The van der Waals surface area contributed by atoms with Crippen LogP contribution in [0, 0.1) is 0 Å². The molecule has 0 saturated carbocycles. The van der Waals surface area contributed by atoms with Crippen LogP contribution in [0.4, 0.5) is 5.82 Å². The van der Waals surface area contributed by atoms with Gasteiger partial charge in [0.1, 0.15) is 12.5 Å². The summed E-state index contributed by atoms with van der Waals surface area (Å²) in [4.78, 5) is 17.5. The maximum atomic E-state index is 10.8. The minimum Gasteiger partial charge on any atom is -0.352 e. The van der Waals surface area contributed by atoms with Crippen LogP contribution >= 0.6 is 0 Å². The number of nitrogens with zero attached hydrogens (tertiary/aromatic N) is 1. The number of aliphatic imine (C=N–C) groups is 1. The molecule has 1 aliphatic rings. The minimum atomic E-state index is -0.0912. The molecule has 2 heterocycles.